The second kappa shape index (κ2) is 14.7. The largest absolute Gasteiger partial charge is 0.508 e. The number of hydrogen-bond donors (Lipinski definition) is 1. The van der Waals surface area contributed by atoms with Gasteiger partial charge in [-0.25, -0.2) is 0 Å². The van der Waals surface area contributed by atoms with Crippen molar-refractivity contribution in [1.29, 1.82) is 0 Å². The second-order valence-electron chi connectivity index (χ2n) is 9.80. The molecule has 0 saturated carbocycles. The fraction of sp³-hybridized carbons (Fsp3) is 0.375. The zero-order chi connectivity index (χ0) is 30.0. The predicted octanol–water partition coefficient (Wildman–Crippen LogP) is 9.03. The van der Waals surface area contributed by atoms with Gasteiger partial charge in [0.1, 0.15) is 5.75 Å². The van der Waals surface area contributed by atoms with Gasteiger partial charge in [-0.15, -0.1) is 0 Å². The van der Waals surface area contributed by atoms with Crippen molar-refractivity contribution >= 4 is 21.9 Å². The lowest BCUT2D eigenvalue weighted by molar-refractivity contribution is -0.284. The number of rotatable bonds is 14. The van der Waals surface area contributed by atoms with E-state index in [0.717, 1.165) is 41.5 Å². The molecule has 0 amide bonds. The van der Waals surface area contributed by atoms with Gasteiger partial charge < -0.3 is 9.84 Å². The molecule has 9 heteroatoms. The van der Waals surface area contributed by atoms with Crippen molar-refractivity contribution < 1.29 is 36.0 Å². The Morgan fingerprint density at radius 1 is 0.854 bits per heavy atom. The lowest BCUT2D eigenvalue weighted by Gasteiger charge is -2.24. The number of aromatic hydroxyl groups is 1. The fourth-order valence-electron chi connectivity index (χ4n) is 4.48. The lowest BCUT2D eigenvalue weighted by Crippen LogP contribution is -2.36. The molecule has 0 aliphatic carbocycles. The van der Waals surface area contributed by atoms with Crippen LogP contribution in [0.1, 0.15) is 62.6 Å². The molecule has 0 aliphatic heterocycles. The average molecular weight is 595 g/mol. The van der Waals surface area contributed by atoms with E-state index in [4.69, 9.17) is 4.74 Å². The van der Waals surface area contributed by atoms with E-state index in [0.29, 0.717) is 17.1 Å². The number of phenols is 1. The molecule has 0 radical (unpaired) electrons. The van der Waals surface area contributed by atoms with Gasteiger partial charge in [0.25, 0.3) is 0 Å². The summed E-state index contributed by atoms with van der Waals surface area (Å²) >= 11 is 0. The standard InChI is InChI=1S/C32H35F5O3S/c1-3-4-8-20-40-23(2)29(30(24-11-6-5-7-12-24)25-15-17-27(38)18-16-25)26-13-9-14-28(22-26)41(39)21-10-19-31(33,34)32(35,36)37/h5-7,9,11-18,22-23,38H,3-4,8,10,19-21H2,1-2H3. The highest BCUT2D eigenvalue weighted by Crippen LogP contribution is 2.39. The Bertz CT molecular complexity index is 1300. The summed E-state index contributed by atoms with van der Waals surface area (Å²) in [7, 11) is -1.80. The fourth-order valence-corrected chi connectivity index (χ4v) is 5.61. The van der Waals surface area contributed by atoms with Crippen molar-refractivity contribution in [3.8, 4) is 5.75 Å². The summed E-state index contributed by atoms with van der Waals surface area (Å²) in [5.74, 6) is -5.05. The van der Waals surface area contributed by atoms with Gasteiger partial charge in [0.2, 0.25) is 0 Å². The molecule has 3 rings (SSSR count). The van der Waals surface area contributed by atoms with E-state index in [1.807, 2.05) is 43.3 Å². The van der Waals surface area contributed by atoms with E-state index in [-0.39, 0.29) is 11.5 Å². The number of alkyl halides is 5. The van der Waals surface area contributed by atoms with Gasteiger partial charge >= 0.3 is 12.1 Å². The molecule has 0 spiro atoms. The average Bonchev–Trinajstić information content (AvgIpc) is 2.94. The van der Waals surface area contributed by atoms with Crippen LogP contribution in [-0.4, -0.2) is 39.9 Å². The molecule has 222 valence electrons. The maximum absolute atomic E-state index is 13.4. The number of halogens is 5. The van der Waals surface area contributed by atoms with Crippen LogP contribution in [0.15, 0.2) is 83.8 Å². The third-order valence-electron chi connectivity index (χ3n) is 6.65. The quantitative estimate of drug-likeness (QED) is 0.115. The molecular weight excluding hydrogens is 559 g/mol. The monoisotopic (exact) mass is 594 g/mol. The van der Waals surface area contributed by atoms with E-state index >= 15 is 0 Å². The van der Waals surface area contributed by atoms with Crippen molar-refractivity contribution in [3.63, 3.8) is 0 Å². The Morgan fingerprint density at radius 2 is 1.49 bits per heavy atom. The first kappa shape index (κ1) is 32.5. The maximum Gasteiger partial charge on any atom is 0.453 e. The van der Waals surface area contributed by atoms with E-state index in [2.05, 4.69) is 6.92 Å². The van der Waals surface area contributed by atoms with Gasteiger partial charge in [0, 0.05) is 23.7 Å². The highest BCUT2D eigenvalue weighted by molar-refractivity contribution is 7.85. The highest BCUT2D eigenvalue weighted by Gasteiger charge is 2.56. The van der Waals surface area contributed by atoms with Crippen LogP contribution in [-0.2, 0) is 15.5 Å². The van der Waals surface area contributed by atoms with E-state index in [1.165, 1.54) is 0 Å². The first-order valence-electron chi connectivity index (χ1n) is 13.6. The first-order valence-corrected chi connectivity index (χ1v) is 14.9. The van der Waals surface area contributed by atoms with Crippen LogP contribution in [0.4, 0.5) is 22.0 Å². The topological polar surface area (TPSA) is 46.5 Å². The van der Waals surface area contributed by atoms with Crippen LogP contribution in [0.2, 0.25) is 0 Å². The summed E-state index contributed by atoms with van der Waals surface area (Å²) in [5, 5.41) is 9.92. The van der Waals surface area contributed by atoms with Crippen LogP contribution in [0.25, 0.3) is 11.1 Å². The van der Waals surface area contributed by atoms with Crippen LogP contribution < -0.4 is 0 Å². The minimum absolute atomic E-state index is 0.111. The number of phenolic OH excluding ortho intramolecular Hbond substituents is 1. The number of ether oxygens (including phenoxy) is 1. The van der Waals surface area contributed by atoms with Crippen LogP contribution in [0.5, 0.6) is 5.75 Å². The lowest BCUT2D eigenvalue weighted by atomic mass is 9.87. The van der Waals surface area contributed by atoms with Crippen LogP contribution >= 0.6 is 0 Å². The second-order valence-corrected chi connectivity index (χ2v) is 11.4. The normalized spacial score (nSPS) is 14.4. The Kier molecular flexibility index (Phi) is 11.7. The number of hydrogen-bond acceptors (Lipinski definition) is 3. The van der Waals surface area contributed by atoms with Gasteiger partial charge in [0.05, 0.1) is 16.9 Å². The molecule has 41 heavy (non-hydrogen) atoms. The third-order valence-corrected chi connectivity index (χ3v) is 8.09. The molecule has 0 heterocycles. The molecule has 0 aromatic heterocycles. The van der Waals surface area contributed by atoms with Crippen molar-refractivity contribution in [3.05, 3.63) is 95.6 Å². The van der Waals surface area contributed by atoms with Crippen molar-refractivity contribution in [2.24, 2.45) is 0 Å². The summed E-state index contributed by atoms with van der Waals surface area (Å²) in [6.45, 7) is 4.55. The van der Waals surface area contributed by atoms with Gasteiger partial charge in [-0.3, -0.25) is 4.21 Å². The molecule has 0 saturated heterocycles. The van der Waals surface area contributed by atoms with Gasteiger partial charge in [0.15, 0.2) is 0 Å². The smallest absolute Gasteiger partial charge is 0.453 e. The Labute approximate surface area is 240 Å². The summed E-state index contributed by atoms with van der Waals surface area (Å²) in [5.41, 5.74) is 4.01. The first-order chi connectivity index (χ1) is 19.4. The molecule has 3 nitrogen and oxygen atoms in total. The van der Waals surface area contributed by atoms with E-state index in [9.17, 15) is 31.3 Å². The third kappa shape index (κ3) is 8.97. The predicted molar refractivity (Wildman–Crippen MR) is 153 cm³/mol. The summed E-state index contributed by atoms with van der Waals surface area (Å²) in [4.78, 5) is 0.326. The summed E-state index contributed by atoms with van der Waals surface area (Å²) < 4.78 is 83.7. The maximum atomic E-state index is 13.4. The molecule has 2 atom stereocenters. The summed E-state index contributed by atoms with van der Waals surface area (Å²) in [6.07, 6.45) is -5.10. The molecule has 2 unspecified atom stereocenters. The summed E-state index contributed by atoms with van der Waals surface area (Å²) in [6, 6.07) is 23.2. The molecule has 3 aromatic rings. The van der Waals surface area contributed by atoms with Gasteiger partial charge in [-0.2, -0.15) is 22.0 Å². The molecular formula is C32H35F5O3S. The molecule has 0 bridgehead atoms. The molecule has 3 aromatic carbocycles. The van der Waals surface area contributed by atoms with Crippen molar-refractivity contribution in [2.75, 3.05) is 12.4 Å². The van der Waals surface area contributed by atoms with E-state index in [1.54, 1.807) is 42.5 Å². The van der Waals surface area contributed by atoms with Crippen molar-refractivity contribution in [2.45, 2.75) is 69.0 Å². The van der Waals surface area contributed by atoms with Crippen LogP contribution in [0.3, 0.4) is 0 Å². The number of unbranched alkanes of at least 4 members (excludes halogenated alkanes) is 2. The van der Waals surface area contributed by atoms with Crippen molar-refractivity contribution in [1.82, 2.24) is 0 Å². The minimum atomic E-state index is -5.64. The SMILES string of the molecule is CCCCCOC(C)C(=C(c1ccccc1)c1ccc(O)cc1)c1cccc(S(=O)CCCC(F)(F)C(F)(F)F)c1. The van der Waals surface area contributed by atoms with Gasteiger partial charge in [-0.1, -0.05) is 74.4 Å². The highest BCUT2D eigenvalue weighted by atomic mass is 32.2. The minimum Gasteiger partial charge on any atom is -0.508 e. The van der Waals surface area contributed by atoms with Crippen LogP contribution in [0, 0.1) is 0 Å². The van der Waals surface area contributed by atoms with E-state index < -0.39 is 41.8 Å². The zero-order valence-corrected chi connectivity index (χ0v) is 23.9. The molecule has 0 fully saturated rings. The Hall–Kier alpha value is -3.04. The zero-order valence-electron chi connectivity index (χ0n) is 23.1. The molecule has 1 N–H and O–H groups in total. The van der Waals surface area contributed by atoms with Gasteiger partial charge in [-0.05, 0) is 71.9 Å². The number of benzene rings is 3. The Balaban J connectivity index is 2.05. The molecule has 0 aliphatic rings. The Morgan fingerprint density at radius 3 is 2.12 bits per heavy atom.